The molecule has 1 aliphatic rings. The highest BCUT2D eigenvalue weighted by molar-refractivity contribution is 5.99. The van der Waals surface area contributed by atoms with E-state index in [-0.39, 0.29) is 18.4 Å². The van der Waals surface area contributed by atoms with Gasteiger partial charge >= 0.3 is 0 Å². The van der Waals surface area contributed by atoms with Crippen molar-refractivity contribution in [3.63, 3.8) is 0 Å². The SMILES string of the molecule is CCCC1C(=O)NC(C)(CC)C(=O)N1CCF. The number of piperazine rings is 1. The maximum Gasteiger partial charge on any atom is 0.248 e. The number of rotatable bonds is 5. The largest absolute Gasteiger partial charge is 0.340 e. The van der Waals surface area contributed by atoms with Crippen molar-refractivity contribution in [3.8, 4) is 0 Å². The van der Waals surface area contributed by atoms with Gasteiger partial charge in [0.1, 0.15) is 18.3 Å². The van der Waals surface area contributed by atoms with Crippen LogP contribution in [0.15, 0.2) is 0 Å². The Kier molecular flexibility index (Phi) is 4.48. The zero-order valence-corrected chi connectivity index (χ0v) is 10.8. The van der Waals surface area contributed by atoms with Crippen LogP contribution in [0, 0.1) is 0 Å². The van der Waals surface area contributed by atoms with Crippen molar-refractivity contribution in [1.82, 2.24) is 10.2 Å². The Morgan fingerprint density at radius 2 is 2.06 bits per heavy atom. The van der Waals surface area contributed by atoms with Gasteiger partial charge in [-0.25, -0.2) is 4.39 Å². The molecule has 1 fully saturated rings. The van der Waals surface area contributed by atoms with Crippen LogP contribution in [0.25, 0.3) is 0 Å². The topological polar surface area (TPSA) is 49.4 Å². The summed E-state index contributed by atoms with van der Waals surface area (Å²) in [6, 6.07) is -0.511. The minimum atomic E-state index is -0.878. The first kappa shape index (κ1) is 13.9. The summed E-state index contributed by atoms with van der Waals surface area (Å²) in [5.41, 5.74) is -0.878. The second-order valence-electron chi connectivity index (χ2n) is 4.67. The van der Waals surface area contributed by atoms with E-state index < -0.39 is 18.3 Å². The standard InChI is InChI=1S/C12H21FN2O2/c1-4-6-9-10(16)14-12(3,5-2)11(17)15(9)8-7-13/h9H,4-8H2,1-3H3,(H,14,16). The van der Waals surface area contributed by atoms with Crippen LogP contribution in [0.2, 0.25) is 0 Å². The third kappa shape index (κ3) is 2.58. The summed E-state index contributed by atoms with van der Waals surface area (Å²) >= 11 is 0. The number of amides is 2. The summed E-state index contributed by atoms with van der Waals surface area (Å²) in [4.78, 5) is 25.6. The lowest BCUT2D eigenvalue weighted by atomic mass is 9.90. The summed E-state index contributed by atoms with van der Waals surface area (Å²) in [5, 5.41) is 2.76. The van der Waals surface area contributed by atoms with E-state index in [1.165, 1.54) is 4.90 Å². The normalized spacial score (nSPS) is 29.4. The fraction of sp³-hybridized carbons (Fsp3) is 0.833. The van der Waals surface area contributed by atoms with Crippen LogP contribution in [0.4, 0.5) is 4.39 Å². The van der Waals surface area contributed by atoms with E-state index in [1.807, 2.05) is 13.8 Å². The van der Waals surface area contributed by atoms with Gasteiger partial charge in [0.15, 0.2) is 0 Å². The summed E-state index contributed by atoms with van der Waals surface area (Å²) in [6.07, 6.45) is 1.88. The monoisotopic (exact) mass is 244 g/mol. The Bertz CT molecular complexity index is 309. The van der Waals surface area contributed by atoms with Gasteiger partial charge in [0, 0.05) is 6.54 Å². The van der Waals surface area contributed by atoms with Crippen molar-refractivity contribution < 1.29 is 14.0 Å². The lowest BCUT2D eigenvalue weighted by Crippen LogP contribution is -2.69. The first-order valence-electron chi connectivity index (χ1n) is 6.19. The molecule has 0 saturated carbocycles. The molecule has 2 unspecified atom stereocenters. The number of nitrogens with zero attached hydrogens (tertiary/aromatic N) is 1. The fourth-order valence-corrected chi connectivity index (χ4v) is 2.16. The van der Waals surface area contributed by atoms with Crippen LogP contribution >= 0.6 is 0 Å². The van der Waals surface area contributed by atoms with E-state index in [9.17, 15) is 14.0 Å². The van der Waals surface area contributed by atoms with Gasteiger partial charge in [-0.2, -0.15) is 0 Å². The maximum absolute atomic E-state index is 12.5. The highest BCUT2D eigenvalue weighted by Crippen LogP contribution is 2.23. The van der Waals surface area contributed by atoms with Crippen molar-refractivity contribution in [2.75, 3.05) is 13.2 Å². The molecule has 4 nitrogen and oxygen atoms in total. The number of halogens is 1. The van der Waals surface area contributed by atoms with Gasteiger partial charge in [-0.15, -0.1) is 0 Å². The summed E-state index contributed by atoms with van der Waals surface area (Å²) in [5.74, 6) is -0.333. The molecule has 0 radical (unpaired) electrons. The molecular weight excluding hydrogens is 223 g/mol. The lowest BCUT2D eigenvalue weighted by Gasteiger charge is -2.43. The molecule has 98 valence electrons. The first-order valence-corrected chi connectivity index (χ1v) is 6.19. The van der Waals surface area contributed by atoms with Crippen LogP contribution in [0.3, 0.4) is 0 Å². The number of carbonyl (C=O) groups excluding carboxylic acids is 2. The average Bonchev–Trinajstić information content (AvgIpc) is 2.31. The van der Waals surface area contributed by atoms with E-state index in [4.69, 9.17) is 0 Å². The van der Waals surface area contributed by atoms with E-state index in [2.05, 4.69) is 5.32 Å². The Hall–Kier alpha value is -1.13. The van der Waals surface area contributed by atoms with Crippen LogP contribution in [0.5, 0.6) is 0 Å². The molecule has 0 spiro atoms. The minimum Gasteiger partial charge on any atom is -0.340 e. The van der Waals surface area contributed by atoms with Crippen LogP contribution in [-0.4, -0.2) is 41.5 Å². The van der Waals surface area contributed by atoms with Crippen molar-refractivity contribution in [1.29, 1.82) is 0 Å². The predicted octanol–water partition coefficient (Wildman–Crippen LogP) is 1.25. The highest BCUT2D eigenvalue weighted by Gasteiger charge is 2.46. The molecule has 2 atom stereocenters. The molecular formula is C12H21FN2O2. The zero-order valence-electron chi connectivity index (χ0n) is 10.8. The quantitative estimate of drug-likeness (QED) is 0.791. The molecule has 2 amide bonds. The van der Waals surface area contributed by atoms with Gasteiger partial charge in [0.05, 0.1) is 0 Å². The third-order valence-corrected chi connectivity index (χ3v) is 3.41. The van der Waals surface area contributed by atoms with E-state index in [1.54, 1.807) is 6.92 Å². The summed E-state index contributed by atoms with van der Waals surface area (Å²) < 4.78 is 12.5. The number of hydrogen-bond acceptors (Lipinski definition) is 2. The van der Waals surface area contributed by atoms with Gasteiger partial charge in [-0.1, -0.05) is 20.3 Å². The van der Waals surface area contributed by atoms with Crippen LogP contribution in [0.1, 0.15) is 40.0 Å². The Morgan fingerprint density at radius 3 is 2.53 bits per heavy atom. The summed E-state index contributed by atoms with van der Waals surface area (Å²) in [7, 11) is 0. The number of nitrogens with one attached hydrogen (secondary N) is 1. The van der Waals surface area contributed by atoms with E-state index in [0.29, 0.717) is 12.8 Å². The Balaban J connectivity index is 2.97. The zero-order chi connectivity index (χ0) is 13.1. The van der Waals surface area contributed by atoms with Gasteiger partial charge in [-0.05, 0) is 19.8 Å². The van der Waals surface area contributed by atoms with E-state index >= 15 is 0 Å². The number of carbonyl (C=O) groups is 2. The molecule has 1 N–H and O–H groups in total. The molecule has 1 aliphatic heterocycles. The summed E-state index contributed by atoms with van der Waals surface area (Å²) in [6.45, 7) is 4.87. The highest BCUT2D eigenvalue weighted by atomic mass is 19.1. The van der Waals surface area contributed by atoms with Crippen molar-refractivity contribution in [3.05, 3.63) is 0 Å². The van der Waals surface area contributed by atoms with Gasteiger partial charge < -0.3 is 10.2 Å². The number of alkyl halides is 1. The molecule has 0 aliphatic carbocycles. The van der Waals surface area contributed by atoms with E-state index in [0.717, 1.165) is 6.42 Å². The molecule has 1 rings (SSSR count). The smallest absolute Gasteiger partial charge is 0.248 e. The molecule has 0 aromatic rings. The minimum absolute atomic E-state index is 0.00646. The Morgan fingerprint density at radius 1 is 1.41 bits per heavy atom. The molecule has 1 saturated heterocycles. The third-order valence-electron chi connectivity index (χ3n) is 3.41. The fourth-order valence-electron chi connectivity index (χ4n) is 2.16. The molecule has 0 aromatic heterocycles. The Labute approximate surface area is 102 Å². The van der Waals surface area contributed by atoms with Gasteiger partial charge in [0.25, 0.3) is 0 Å². The number of hydrogen-bond donors (Lipinski definition) is 1. The van der Waals surface area contributed by atoms with Gasteiger partial charge in [0.2, 0.25) is 11.8 Å². The van der Waals surface area contributed by atoms with Crippen LogP contribution in [-0.2, 0) is 9.59 Å². The first-order chi connectivity index (χ1) is 8.00. The lowest BCUT2D eigenvalue weighted by molar-refractivity contribution is -0.155. The molecule has 5 heteroatoms. The van der Waals surface area contributed by atoms with Crippen molar-refractivity contribution in [2.24, 2.45) is 0 Å². The van der Waals surface area contributed by atoms with Crippen molar-refractivity contribution >= 4 is 11.8 Å². The molecule has 17 heavy (non-hydrogen) atoms. The molecule has 0 bridgehead atoms. The van der Waals surface area contributed by atoms with Crippen LogP contribution < -0.4 is 5.32 Å². The second kappa shape index (κ2) is 5.47. The van der Waals surface area contributed by atoms with Gasteiger partial charge in [-0.3, -0.25) is 9.59 Å². The predicted molar refractivity (Wildman–Crippen MR) is 63.2 cm³/mol. The second-order valence-corrected chi connectivity index (χ2v) is 4.67. The molecule has 0 aromatic carbocycles. The van der Waals surface area contributed by atoms with Crippen molar-refractivity contribution in [2.45, 2.75) is 51.6 Å². The molecule has 1 heterocycles. The maximum atomic E-state index is 12.5. The average molecular weight is 244 g/mol.